The number of nitrogens with one attached hydrogen (secondary N) is 2. The fourth-order valence-electron chi connectivity index (χ4n) is 4.17. The van der Waals surface area contributed by atoms with Gasteiger partial charge in [0.2, 0.25) is 0 Å². The molecule has 0 radical (unpaired) electrons. The van der Waals surface area contributed by atoms with Gasteiger partial charge >= 0.3 is 0 Å². The Morgan fingerprint density at radius 2 is 2.09 bits per heavy atom. The summed E-state index contributed by atoms with van der Waals surface area (Å²) < 4.78 is 39.4. The molecule has 1 aliphatic rings. The summed E-state index contributed by atoms with van der Waals surface area (Å²) in [5.74, 6) is -1.38. The minimum atomic E-state index is -3.74. The molecule has 1 aromatic carbocycles. The average molecular weight is 467 g/mol. The molecule has 0 saturated heterocycles. The Bertz CT molecular complexity index is 1400. The Labute approximate surface area is 191 Å². The predicted octanol–water partition coefficient (Wildman–Crippen LogP) is 3.76. The highest BCUT2D eigenvalue weighted by molar-refractivity contribution is 7.93. The van der Waals surface area contributed by atoms with Gasteiger partial charge in [0.1, 0.15) is 28.0 Å². The van der Waals surface area contributed by atoms with Crippen LogP contribution in [0.25, 0.3) is 10.9 Å². The Kier molecular flexibility index (Phi) is 5.76. The van der Waals surface area contributed by atoms with Crippen molar-refractivity contribution in [3.63, 3.8) is 0 Å². The van der Waals surface area contributed by atoms with Crippen LogP contribution in [0.3, 0.4) is 0 Å². The van der Waals surface area contributed by atoms with Crippen LogP contribution in [0.4, 0.5) is 15.9 Å². The van der Waals surface area contributed by atoms with E-state index in [4.69, 9.17) is 16.4 Å². The first-order valence-corrected chi connectivity index (χ1v) is 12.1. The second kappa shape index (κ2) is 8.41. The second-order valence-corrected chi connectivity index (χ2v) is 10.7. The largest absolute Gasteiger partial charge is 0.386 e. The number of pyridine rings is 2. The summed E-state index contributed by atoms with van der Waals surface area (Å²) in [6.45, 7) is 1.65. The molecule has 33 heavy (non-hydrogen) atoms. The normalized spacial score (nSPS) is 15.9. The lowest BCUT2D eigenvalue weighted by Gasteiger charge is -2.40. The van der Waals surface area contributed by atoms with E-state index in [2.05, 4.69) is 15.3 Å². The molecule has 0 amide bonds. The topological polar surface area (TPSA) is 146 Å². The van der Waals surface area contributed by atoms with Crippen LogP contribution >= 0.6 is 0 Å². The third-order valence-electron chi connectivity index (χ3n) is 6.23. The second-order valence-electron chi connectivity index (χ2n) is 8.37. The van der Waals surface area contributed by atoms with Gasteiger partial charge in [-0.05, 0) is 61.1 Å². The van der Waals surface area contributed by atoms with Crippen molar-refractivity contribution >= 4 is 38.1 Å². The highest BCUT2D eigenvalue weighted by Gasteiger charge is 2.51. The van der Waals surface area contributed by atoms with Crippen molar-refractivity contribution < 1.29 is 12.8 Å². The molecule has 0 spiro atoms. The van der Waals surface area contributed by atoms with Gasteiger partial charge in [-0.15, -0.1) is 0 Å². The number of aromatic nitrogens is 2. The molecule has 4 N–H and O–H groups in total. The number of sulfone groups is 1. The molecule has 170 valence electrons. The van der Waals surface area contributed by atoms with Gasteiger partial charge in [0.25, 0.3) is 0 Å². The number of anilines is 2. The molecule has 1 saturated carbocycles. The number of nitrogens with two attached hydrogens (primary N) is 1. The summed E-state index contributed by atoms with van der Waals surface area (Å²) in [5.41, 5.74) is 7.36. The lowest BCUT2D eigenvalue weighted by atomic mass is 9.83. The van der Waals surface area contributed by atoms with Crippen molar-refractivity contribution in [1.29, 1.82) is 10.7 Å². The van der Waals surface area contributed by atoms with Crippen LogP contribution in [-0.2, 0) is 9.84 Å². The van der Waals surface area contributed by atoms with Crippen molar-refractivity contribution in [3.8, 4) is 6.07 Å². The van der Waals surface area contributed by atoms with Crippen LogP contribution in [0.5, 0.6) is 0 Å². The third kappa shape index (κ3) is 4.00. The van der Waals surface area contributed by atoms with E-state index < -0.39 is 26.3 Å². The fraction of sp³-hybridized carbons (Fsp3) is 0.304. The maximum absolute atomic E-state index is 14.7. The van der Waals surface area contributed by atoms with E-state index in [0.29, 0.717) is 41.8 Å². The monoisotopic (exact) mass is 466 g/mol. The van der Waals surface area contributed by atoms with E-state index in [9.17, 15) is 12.8 Å². The van der Waals surface area contributed by atoms with Crippen LogP contribution in [0, 0.1) is 22.6 Å². The molecule has 1 aliphatic carbocycles. The summed E-state index contributed by atoms with van der Waals surface area (Å²) in [6, 6.07) is 9.85. The van der Waals surface area contributed by atoms with Gasteiger partial charge in [0, 0.05) is 23.5 Å². The minimum Gasteiger partial charge on any atom is -0.386 e. The van der Waals surface area contributed by atoms with Gasteiger partial charge < -0.3 is 11.1 Å². The standard InChI is InChI=1S/C23H23FN6O2S/c1-14(13-33(31,32)23(22(26)27)6-2-7-23)18-10-17(3-4-19(18)24)30-21-20-16(5-8-28-21)9-15(11-25)12-29-20/h3-5,8-10,12,14H,2,6-7,13H2,1H3,(H3,26,27)(H,28,30). The first kappa shape index (κ1) is 22.6. The Morgan fingerprint density at radius 1 is 1.33 bits per heavy atom. The number of nitrogens with zero attached hydrogens (tertiary/aromatic N) is 3. The molecule has 2 aromatic heterocycles. The maximum Gasteiger partial charge on any atom is 0.163 e. The van der Waals surface area contributed by atoms with Crippen molar-refractivity contribution in [2.45, 2.75) is 36.9 Å². The third-order valence-corrected chi connectivity index (χ3v) is 8.99. The van der Waals surface area contributed by atoms with Gasteiger partial charge in [-0.1, -0.05) is 6.92 Å². The van der Waals surface area contributed by atoms with E-state index in [1.165, 1.54) is 18.3 Å². The van der Waals surface area contributed by atoms with Crippen molar-refractivity contribution in [1.82, 2.24) is 9.97 Å². The minimum absolute atomic E-state index is 0.238. The van der Waals surface area contributed by atoms with Crippen LogP contribution in [0.1, 0.15) is 43.2 Å². The zero-order valence-electron chi connectivity index (χ0n) is 18.0. The smallest absolute Gasteiger partial charge is 0.163 e. The van der Waals surface area contributed by atoms with Crippen LogP contribution in [0.15, 0.2) is 42.7 Å². The first-order chi connectivity index (χ1) is 15.7. The van der Waals surface area contributed by atoms with E-state index >= 15 is 0 Å². The van der Waals surface area contributed by atoms with Crippen molar-refractivity contribution in [2.75, 3.05) is 11.1 Å². The van der Waals surface area contributed by atoms with E-state index in [-0.39, 0.29) is 17.2 Å². The summed E-state index contributed by atoms with van der Waals surface area (Å²) in [5, 5.41) is 20.7. The molecule has 3 aromatic rings. The summed E-state index contributed by atoms with van der Waals surface area (Å²) >= 11 is 0. The Morgan fingerprint density at radius 3 is 2.73 bits per heavy atom. The lowest BCUT2D eigenvalue weighted by molar-refractivity contribution is 0.414. The lowest BCUT2D eigenvalue weighted by Crippen LogP contribution is -2.56. The molecule has 10 heteroatoms. The SMILES string of the molecule is CC(CS(=O)(=O)C1(C(=N)N)CCC1)c1cc(Nc2nccc3cc(C#N)cnc23)ccc1F. The fourth-order valence-corrected chi connectivity index (χ4v) is 6.58. The molecule has 1 fully saturated rings. The Hall–Kier alpha value is -3.58. The first-order valence-electron chi connectivity index (χ1n) is 10.4. The molecule has 0 bridgehead atoms. The predicted molar refractivity (Wildman–Crippen MR) is 125 cm³/mol. The molecule has 0 aliphatic heterocycles. The van der Waals surface area contributed by atoms with Gasteiger partial charge in [-0.2, -0.15) is 5.26 Å². The molecular formula is C23H23FN6O2S. The molecule has 1 unspecified atom stereocenters. The van der Waals surface area contributed by atoms with E-state index in [0.717, 1.165) is 5.39 Å². The number of benzene rings is 1. The summed E-state index contributed by atoms with van der Waals surface area (Å²) in [4.78, 5) is 8.60. The number of hydrogen-bond donors (Lipinski definition) is 3. The summed E-state index contributed by atoms with van der Waals surface area (Å²) in [6.07, 6.45) is 4.38. The van der Waals surface area contributed by atoms with Crippen molar-refractivity contribution in [3.05, 3.63) is 59.7 Å². The van der Waals surface area contributed by atoms with Crippen LogP contribution in [0.2, 0.25) is 0 Å². The van der Waals surface area contributed by atoms with Gasteiger partial charge in [-0.3, -0.25) is 10.4 Å². The Balaban J connectivity index is 1.62. The number of rotatable bonds is 7. The number of hydrogen-bond acceptors (Lipinski definition) is 7. The van der Waals surface area contributed by atoms with Crippen LogP contribution < -0.4 is 11.1 Å². The van der Waals surface area contributed by atoms with Gasteiger partial charge in [0.15, 0.2) is 15.7 Å². The number of halogens is 1. The number of amidine groups is 1. The molecule has 8 nitrogen and oxygen atoms in total. The highest BCUT2D eigenvalue weighted by atomic mass is 32.2. The summed E-state index contributed by atoms with van der Waals surface area (Å²) in [7, 11) is -3.74. The zero-order chi connectivity index (χ0) is 23.8. The quantitative estimate of drug-likeness (QED) is 0.355. The van der Waals surface area contributed by atoms with Gasteiger partial charge in [0.05, 0.1) is 11.3 Å². The molecule has 4 rings (SSSR count). The van der Waals surface area contributed by atoms with E-state index in [1.54, 1.807) is 31.3 Å². The number of nitriles is 1. The average Bonchev–Trinajstić information content (AvgIpc) is 2.73. The molecule has 1 atom stereocenters. The molecular weight excluding hydrogens is 443 g/mol. The zero-order valence-corrected chi connectivity index (χ0v) is 18.8. The van der Waals surface area contributed by atoms with Crippen molar-refractivity contribution in [2.24, 2.45) is 5.73 Å². The van der Waals surface area contributed by atoms with Crippen LogP contribution in [-0.4, -0.2) is 34.7 Å². The maximum atomic E-state index is 14.7. The van der Waals surface area contributed by atoms with Gasteiger partial charge in [-0.25, -0.2) is 17.8 Å². The molecule has 2 heterocycles. The van der Waals surface area contributed by atoms with E-state index in [1.807, 2.05) is 6.07 Å². The highest BCUT2D eigenvalue weighted by Crippen LogP contribution is 2.41. The number of fused-ring (bicyclic) bond motifs is 1.